The Kier molecular flexibility index (Phi) is 6.25. The van der Waals surface area contributed by atoms with E-state index < -0.39 is 6.36 Å². The summed E-state index contributed by atoms with van der Waals surface area (Å²) in [5, 5.41) is 2.57. The number of rotatable bonds is 3. The molecule has 0 bridgehead atoms. The number of ether oxygens (including phenoxy) is 1. The van der Waals surface area contributed by atoms with Crippen LogP contribution in [0.25, 0.3) is 0 Å². The molecule has 0 aliphatic rings. The van der Waals surface area contributed by atoms with Crippen molar-refractivity contribution in [3.63, 3.8) is 0 Å². The lowest BCUT2D eigenvalue weighted by molar-refractivity contribution is -0.274. The van der Waals surface area contributed by atoms with Crippen LogP contribution >= 0.6 is 29.2 Å². The van der Waals surface area contributed by atoms with Crippen LogP contribution in [0, 0.1) is 0 Å². The van der Waals surface area contributed by atoms with Gasteiger partial charge in [0.25, 0.3) is 0 Å². The Morgan fingerprint density at radius 1 is 1.35 bits per heavy atom. The predicted molar refractivity (Wildman–Crippen MR) is 67.1 cm³/mol. The number of halogens is 4. The summed E-state index contributed by atoms with van der Waals surface area (Å²) in [6.07, 6.45) is -4.71. The average molecular weight is 331 g/mol. The summed E-state index contributed by atoms with van der Waals surface area (Å²) in [6, 6.07) is 5.77. The lowest BCUT2D eigenvalue weighted by Crippen LogP contribution is -2.29. The molecule has 0 heterocycles. The number of nitrogens with one attached hydrogen (secondary N) is 1. The van der Waals surface area contributed by atoms with Crippen LogP contribution in [-0.4, -0.2) is 11.5 Å². The normalized spacial score (nSPS) is 10.3. The molecule has 0 unspecified atom stereocenters. The Hall–Kier alpha value is -1.02. The maximum absolute atomic E-state index is 12.0. The third kappa shape index (κ3) is 6.32. The van der Waals surface area contributed by atoms with Gasteiger partial charge in [-0.15, -0.1) is 30.2 Å². The zero-order valence-corrected chi connectivity index (χ0v) is 11.0. The number of benzene rings is 1. The van der Waals surface area contributed by atoms with Crippen molar-refractivity contribution in [2.24, 2.45) is 5.73 Å². The van der Waals surface area contributed by atoms with E-state index >= 15 is 0 Å². The van der Waals surface area contributed by atoms with E-state index in [0.29, 0.717) is 5.56 Å². The van der Waals surface area contributed by atoms with E-state index in [1.807, 2.05) is 0 Å². The molecule has 1 aromatic rings. The number of hydrogen-bond acceptors (Lipinski definition) is 2. The Balaban J connectivity index is 0.00000256. The third-order valence-electron chi connectivity index (χ3n) is 1.65. The first-order valence-electron chi connectivity index (χ1n) is 4.25. The van der Waals surface area contributed by atoms with Crippen molar-refractivity contribution in [3.05, 3.63) is 29.8 Å². The molecule has 0 radical (unpaired) electrons. The molecule has 0 atom stereocenters. The van der Waals surface area contributed by atoms with Crippen LogP contribution in [0.3, 0.4) is 0 Å². The van der Waals surface area contributed by atoms with Gasteiger partial charge in [-0.1, -0.05) is 18.2 Å². The highest BCUT2D eigenvalue weighted by Crippen LogP contribution is 2.25. The number of thiocarbonyl (C=S) groups is 1. The van der Waals surface area contributed by atoms with Gasteiger partial charge in [0.1, 0.15) is 5.75 Å². The molecular weight excluding hydrogens is 321 g/mol. The fourth-order valence-electron chi connectivity index (χ4n) is 1.06. The van der Waals surface area contributed by atoms with Gasteiger partial charge < -0.3 is 15.8 Å². The minimum absolute atomic E-state index is 0. The van der Waals surface area contributed by atoms with E-state index in [-0.39, 0.29) is 34.4 Å². The third-order valence-corrected chi connectivity index (χ3v) is 1.80. The zero-order valence-electron chi connectivity index (χ0n) is 8.45. The minimum atomic E-state index is -4.71. The van der Waals surface area contributed by atoms with Crippen molar-refractivity contribution in [2.75, 3.05) is 0 Å². The van der Waals surface area contributed by atoms with Crippen molar-refractivity contribution in [1.29, 1.82) is 0 Å². The fraction of sp³-hybridized carbons (Fsp3) is 0.222. The molecule has 0 spiro atoms. The molecule has 0 fully saturated rings. The lowest BCUT2D eigenvalue weighted by Gasteiger charge is -2.13. The Morgan fingerprint density at radius 3 is 2.47 bits per heavy atom. The summed E-state index contributed by atoms with van der Waals surface area (Å²) in [4.78, 5) is 0. The second-order valence-electron chi connectivity index (χ2n) is 2.87. The molecule has 1 rings (SSSR count). The summed E-state index contributed by atoms with van der Waals surface area (Å²) < 4.78 is 39.9. The van der Waals surface area contributed by atoms with E-state index in [4.69, 9.17) is 5.73 Å². The standard InChI is InChI=1S/C9H9F3N2OS.BrH/c10-9(11,12)15-7-4-2-1-3-6(7)5-14-8(13)16;/h1-4H,5H2,(H3,13,14,16);1H. The molecule has 0 aromatic heterocycles. The quantitative estimate of drug-likeness (QED) is 0.836. The van der Waals surface area contributed by atoms with E-state index in [0.717, 1.165) is 0 Å². The van der Waals surface area contributed by atoms with Gasteiger partial charge in [-0.2, -0.15) is 0 Å². The first-order chi connectivity index (χ1) is 7.38. The van der Waals surface area contributed by atoms with Crippen molar-refractivity contribution in [1.82, 2.24) is 5.32 Å². The Bertz CT molecular complexity index is 387. The smallest absolute Gasteiger partial charge is 0.405 e. The highest BCUT2D eigenvalue weighted by atomic mass is 79.9. The van der Waals surface area contributed by atoms with Crippen LogP contribution in [0.2, 0.25) is 0 Å². The monoisotopic (exact) mass is 330 g/mol. The molecular formula is C9H10BrF3N2OS. The number of para-hydroxylation sites is 1. The molecule has 0 aliphatic carbocycles. The molecule has 3 nitrogen and oxygen atoms in total. The lowest BCUT2D eigenvalue weighted by atomic mass is 10.2. The van der Waals surface area contributed by atoms with Crippen LogP contribution in [-0.2, 0) is 6.54 Å². The van der Waals surface area contributed by atoms with Gasteiger partial charge in [-0.25, -0.2) is 0 Å². The summed E-state index contributed by atoms with van der Waals surface area (Å²) in [5.74, 6) is -0.265. The molecule has 0 amide bonds. The summed E-state index contributed by atoms with van der Waals surface area (Å²) >= 11 is 4.55. The van der Waals surface area contributed by atoms with E-state index in [1.165, 1.54) is 18.2 Å². The van der Waals surface area contributed by atoms with Gasteiger partial charge in [-0.05, 0) is 18.3 Å². The second-order valence-corrected chi connectivity index (χ2v) is 3.31. The number of hydrogen-bond donors (Lipinski definition) is 2. The summed E-state index contributed by atoms with van der Waals surface area (Å²) in [6.45, 7) is 0.0849. The first kappa shape index (κ1) is 16.0. The first-order valence-corrected chi connectivity index (χ1v) is 4.66. The molecule has 0 aliphatic heterocycles. The SMILES string of the molecule is Br.NC(=S)NCc1ccccc1OC(F)(F)F. The summed E-state index contributed by atoms with van der Waals surface area (Å²) in [5.41, 5.74) is 5.50. The summed E-state index contributed by atoms with van der Waals surface area (Å²) in [7, 11) is 0. The highest BCUT2D eigenvalue weighted by Gasteiger charge is 2.31. The van der Waals surface area contributed by atoms with Gasteiger partial charge in [-0.3, -0.25) is 0 Å². The van der Waals surface area contributed by atoms with Crippen LogP contribution < -0.4 is 15.8 Å². The van der Waals surface area contributed by atoms with Gasteiger partial charge in [0.2, 0.25) is 0 Å². The van der Waals surface area contributed by atoms with Crippen molar-refractivity contribution >= 4 is 34.3 Å². The molecule has 3 N–H and O–H groups in total. The van der Waals surface area contributed by atoms with E-state index in [2.05, 4.69) is 22.3 Å². The van der Waals surface area contributed by atoms with Crippen molar-refractivity contribution in [3.8, 4) is 5.75 Å². The second kappa shape index (κ2) is 6.65. The van der Waals surface area contributed by atoms with Crippen LogP contribution in [0.4, 0.5) is 13.2 Å². The minimum Gasteiger partial charge on any atom is -0.405 e. The Morgan fingerprint density at radius 2 is 1.94 bits per heavy atom. The molecule has 0 saturated heterocycles. The number of alkyl halides is 3. The van der Waals surface area contributed by atoms with Gasteiger partial charge >= 0.3 is 6.36 Å². The maximum Gasteiger partial charge on any atom is 0.573 e. The predicted octanol–water partition coefficient (Wildman–Crippen LogP) is 2.50. The molecule has 0 saturated carbocycles. The molecule has 96 valence electrons. The van der Waals surface area contributed by atoms with Crippen LogP contribution in [0.1, 0.15) is 5.56 Å². The molecule has 17 heavy (non-hydrogen) atoms. The van der Waals surface area contributed by atoms with E-state index in [9.17, 15) is 13.2 Å². The number of nitrogens with two attached hydrogens (primary N) is 1. The fourth-order valence-corrected chi connectivity index (χ4v) is 1.13. The van der Waals surface area contributed by atoms with Crippen molar-refractivity contribution in [2.45, 2.75) is 12.9 Å². The van der Waals surface area contributed by atoms with Gasteiger partial charge in [0.05, 0.1) is 0 Å². The van der Waals surface area contributed by atoms with Crippen LogP contribution in [0.15, 0.2) is 24.3 Å². The average Bonchev–Trinajstić information content (AvgIpc) is 2.14. The van der Waals surface area contributed by atoms with Gasteiger partial charge in [0.15, 0.2) is 5.11 Å². The molecule has 1 aromatic carbocycles. The Labute approximate surface area is 112 Å². The topological polar surface area (TPSA) is 47.3 Å². The van der Waals surface area contributed by atoms with Crippen molar-refractivity contribution < 1.29 is 17.9 Å². The van der Waals surface area contributed by atoms with E-state index in [1.54, 1.807) is 6.07 Å². The zero-order chi connectivity index (χ0) is 12.2. The largest absolute Gasteiger partial charge is 0.573 e. The van der Waals surface area contributed by atoms with Gasteiger partial charge in [0, 0.05) is 12.1 Å². The van der Waals surface area contributed by atoms with Crippen LogP contribution in [0.5, 0.6) is 5.75 Å². The highest BCUT2D eigenvalue weighted by molar-refractivity contribution is 8.93. The molecule has 8 heteroatoms. The maximum atomic E-state index is 12.0.